The van der Waals surface area contributed by atoms with E-state index in [-0.39, 0.29) is 0 Å². The summed E-state index contributed by atoms with van der Waals surface area (Å²) in [5, 5.41) is 0. The SMILES string of the molecule is C=C1C2CC3CC1CC(C2)C3C. The van der Waals surface area contributed by atoms with Gasteiger partial charge in [-0.15, -0.1) is 0 Å². The maximum Gasteiger partial charge on any atom is -0.0198 e. The van der Waals surface area contributed by atoms with Crippen LogP contribution in [0.4, 0.5) is 0 Å². The molecule has 4 fully saturated rings. The summed E-state index contributed by atoms with van der Waals surface area (Å²) in [6.07, 6.45) is 5.92. The molecule has 0 N–H and O–H groups in total. The van der Waals surface area contributed by atoms with Gasteiger partial charge in [0.25, 0.3) is 0 Å². The molecule has 0 unspecified atom stereocenters. The highest BCUT2D eigenvalue weighted by Crippen LogP contribution is 2.58. The van der Waals surface area contributed by atoms with Gasteiger partial charge in [-0.2, -0.15) is 0 Å². The van der Waals surface area contributed by atoms with E-state index in [4.69, 9.17) is 0 Å². The molecule has 0 saturated heterocycles. The van der Waals surface area contributed by atoms with E-state index >= 15 is 0 Å². The largest absolute Gasteiger partial charge is 0.0993 e. The van der Waals surface area contributed by atoms with E-state index in [1.54, 1.807) is 5.57 Å². The first-order chi connectivity index (χ1) is 5.75. The van der Waals surface area contributed by atoms with Crippen molar-refractivity contribution >= 4 is 0 Å². The van der Waals surface area contributed by atoms with Crippen molar-refractivity contribution in [3.63, 3.8) is 0 Å². The van der Waals surface area contributed by atoms with Gasteiger partial charge in [0.1, 0.15) is 0 Å². The van der Waals surface area contributed by atoms with Crippen LogP contribution in [0.25, 0.3) is 0 Å². The zero-order valence-corrected chi connectivity index (χ0v) is 7.92. The standard InChI is InChI=1S/C12H18/c1-7-9-3-11-5-10(7)6-12(4-9)8(11)2/h8-12H,1,3-6H2,2H3. The Labute approximate surface area is 75.0 Å². The van der Waals surface area contributed by atoms with Crippen molar-refractivity contribution in [2.24, 2.45) is 29.6 Å². The molecule has 0 aromatic carbocycles. The lowest BCUT2D eigenvalue weighted by Gasteiger charge is -2.54. The van der Waals surface area contributed by atoms with E-state index in [1.807, 2.05) is 0 Å². The van der Waals surface area contributed by atoms with Crippen LogP contribution >= 0.6 is 0 Å². The molecule has 0 radical (unpaired) electrons. The van der Waals surface area contributed by atoms with Crippen LogP contribution in [0.1, 0.15) is 32.6 Å². The minimum Gasteiger partial charge on any atom is -0.0993 e. The van der Waals surface area contributed by atoms with Crippen molar-refractivity contribution in [1.82, 2.24) is 0 Å². The lowest BCUT2D eigenvalue weighted by Crippen LogP contribution is -2.45. The van der Waals surface area contributed by atoms with Crippen LogP contribution in [0.2, 0.25) is 0 Å². The van der Waals surface area contributed by atoms with Crippen LogP contribution in [0, 0.1) is 29.6 Å². The zero-order chi connectivity index (χ0) is 8.29. The fourth-order valence-electron chi connectivity index (χ4n) is 4.03. The first-order valence-electron chi connectivity index (χ1n) is 5.44. The van der Waals surface area contributed by atoms with Crippen molar-refractivity contribution in [2.45, 2.75) is 32.6 Å². The topological polar surface area (TPSA) is 0 Å². The molecule has 0 heterocycles. The maximum atomic E-state index is 4.28. The highest BCUT2D eigenvalue weighted by molar-refractivity contribution is 5.17. The summed E-state index contributed by atoms with van der Waals surface area (Å²) in [6.45, 7) is 6.76. The molecule has 0 aromatic heterocycles. The van der Waals surface area contributed by atoms with Crippen molar-refractivity contribution in [1.29, 1.82) is 0 Å². The van der Waals surface area contributed by atoms with Gasteiger partial charge in [0.05, 0.1) is 0 Å². The molecule has 0 aliphatic heterocycles. The Kier molecular flexibility index (Phi) is 1.29. The molecule has 0 nitrogen and oxygen atoms in total. The summed E-state index contributed by atoms with van der Waals surface area (Å²) >= 11 is 0. The van der Waals surface area contributed by atoms with Crippen LogP contribution in [0.3, 0.4) is 0 Å². The van der Waals surface area contributed by atoms with Gasteiger partial charge >= 0.3 is 0 Å². The van der Waals surface area contributed by atoms with E-state index in [9.17, 15) is 0 Å². The van der Waals surface area contributed by atoms with Gasteiger partial charge in [-0.3, -0.25) is 0 Å². The minimum atomic E-state index is 0.934. The molecule has 0 heteroatoms. The summed E-state index contributed by atoms with van der Waals surface area (Å²) in [6, 6.07) is 0. The number of hydrogen-bond donors (Lipinski definition) is 0. The molecule has 4 bridgehead atoms. The van der Waals surface area contributed by atoms with Gasteiger partial charge in [-0.25, -0.2) is 0 Å². The molecule has 0 spiro atoms. The van der Waals surface area contributed by atoms with Crippen molar-refractivity contribution in [3.05, 3.63) is 12.2 Å². The van der Waals surface area contributed by atoms with Crippen LogP contribution in [0.5, 0.6) is 0 Å². The summed E-state index contributed by atoms with van der Waals surface area (Å²) in [7, 11) is 0. The van der Waals surface area contributed by atoms with E-state index in [1.165, 1.54) is 25.7 Å². The average molecular weight is 162 g/mol. The number of rotatable bonds is 0. The summed E-state index contributed by atoms with van der Waals surface area (Å²) in [5.41, 5.74) is 1.62. The van der Waals surface area contributed by atoms with E-state index in [2.05, 4.69) is 13.5 Å². The van der Waals surface area contributed by atoms with Gasteiger partial charge in [0.2, 0.25) is 0 Å². The zero-order valence-electron chi connectivity index (χ0n) is 7.92. The lowest BCUT2D eigenvalue weighted by molar-refractivity contribution is 0.0127. The van der Waals surface area contributed by atoms with E-state index in [0.717, 1.165) is 29.6 Å². The maximum absolute atomic E-state index is 4.28. The molecule has 4 aliphatic carbocycles. The predicted molar refractivity (Wildman–Crippen MR) is 50.7 cm³/mol. The molecule has 4 aliphatic rings. The first-order valence-corrected chi connectivity index (χ1v) is 5.44. The molecule has 66 valence electrons. The van der Waals surface area contributed by atoms with E-state index < -0.39 is 0 Å². The highest BCUT2D eigenvalue weighted by atomic mass is 14.5. The Morgan fingerprint density at radius 1 is 1.00 bits per heavy atom. The van der Waals surface area contributed by atoms with E-state index in [0.29, 0.717) is 0 Å². The molecule has 0 aromatic rings. The van der Waals surface area contributed by atoms with Gasteiger partial charge in [0, 0.05) is 0 Å². The Morgan fingerprint density at radius 3 is 1.83 bits per heavy atom. The fourth-order valence-corrected chi connectivity index (χ4v) is 4.03. The van der Waals surface area contributed by atoms with Gasteiger partial charge < -0.3 is 0 Å². The average Bonchev–Trinajstić information content (AvgIpc) is 2.02. The third-order valence-electron chi connectivity index (χ3n) is 4.88. The van der Waals surface area contributed by atoms with Crippen molar-refractivity contribution in [3.8, 4) is 0 Å². The summed E-state index contributed by atoms with van der Waals surface area (Å²) < 4.78 is 0. The Bertz CT molecular complexity index is 194. The minimum absolute atomic E-state index is 0.934. The third-order valence-corrected chi connectivity index (χ3v) is 4.88. The molecule has 0 atom stereocenters. The molecular weight excluding hydrogens is 144 g/mol. The van der Waals surface area contributed by atoms with Gasteiger partial charge in [0.15, 0.2) is 0 Å². The fraction of sp³-hybridized carbons (Fsp3) is 0.833. The molecular formula is C12H18. The third kappa shape index (κ3) is 0.739. The second kappa shape index (κ2) is 2.16. The van der Waals surface area contributed by atoms with Crippen molar-refractivity contribution in [2.75, 3.05) is 0 Å². The smallest absolute Gasteiger partial charge is 0.0198 e. The van der Waals surface area contributed by atoms with Crippen molar-refractivity contribution < 1.29 is 0 Å². The van der Waals surface area contributed by atoms with Crippen LogP contribution in [0.15, 0.2) is 12.2 Å². The lowest BCUT2D eigenvalue weighted by atomic mass is 9.51. The van der Waals surface area contributed by atoms with Crippen LogP contribution in [-0.2, 0) is 0 Å². The number of hydrogen-bond acceptors (Lipinski definition) is 0. The molecule has 12 heavy (non-hydrogen) atoms. The monoisotopic (exact) mass is 162 g/mol. The van der Waals surface area contributed by atoms with Gasteiger partial charge in [-0.05, 0) is 55.3 Å². The molecule has 0 amide bonds. The van der Waals surface area contributed by atoms with Crippen LogP contribution < -0.4 is 0 Å². The van der Waals surface area contributed by atoms with Crippen LogP contribution in [-0.4, -0.2) is 0 Å². The Hall–Kier alpha value is -0.260. The normalized spacial score (nSPS) is 56.4. The second-order valence-electron chi connectivity index (χ2n) is 5.29. The van der Waals surface area contributed by atoms with Gasteiger partial charge in [-0.1, -0.05) is 19.1 Å². The molecule has 4 saturated carbocycles. The quantitative estimate of drug-likeness (QED) is 0.480. The second-order valence-corrected chi connectivity index (χ2v) is 5.29. The number of allylic oxidation sites excluding steroid dienone is 1. The highest BCUT2D eigenvalue weighted by Gasteiger charge is 2.47. The first kappa shape index (κ1) is 7.17. The molecule has 4 rings (SSSR count). The predicted octanol–water partition coefficient (Wildman–Crippen LogP) is 3.24. The Morgan fingerprint density at radius 2 is 1.42 bits per heavy atom. The summed E-state index contributed by atoms with van der Waals surface area (Å²) in [4.78, 5) is 0. The summed E-state index contributed by atoms with van der Waals surface area (Å²) in [5.74, 6) is 5.04. The Balaban J connectivity index is 1.96.